The topological polar surface area (TPSA) is 47.0 Å². The lowest BCUT2D eigenvalue weighted by Crippen LogP contribution is -2.00. The maximum Gasteiger partial charge on any atom is 0.161 e. The Kier molecular flexibility index (Phi) is 3.54. The van der Waals surface area contributed by atoms with Crippen molar-refractivity contribution >= 4 is 5.82 Å². The van der Waals surface area contributed by atoms with Crippen molar-refractivity contribution in [2.45, 2.75) is 25.7 Å². The van der Waals surface area contributed by atoms with Crippen molar-refractivity contribution in [1.82, 2.24) is 9.97 Å². The van der Waals surface area contributed by atoms with Gasteiger partial charge in [-0.25, -0.2) is 9.97 Å². The fourth-order valence-electron chi connectivity index (χ4n) is 2.18. The lowest BCUT2D eigenvalue weighted by atomic mass is 10.2. The minimum atomic E-state index is 0.617. The molecule has 4 heteroatoms. The van der Waals surface area contributed by atoms with Crippen molar-refractivity contribution in [2.75, 3.05) is 19.0 Å². The van der Waals surface area contributed by atoms with Crippen molar-refractivity contribution in [1.29, 1.82) is 0 Å². The normalized spacial score (nSPS) is 14.1. The van der Waals surface area contributed by atoms with Crippen molar-refractivity contribution in [3.8, 4) is 17.1 Å². The number of ether oxygens (including phenoxy) is 1. The largest absolute Gasteiger partial charge is 0.494 e. The maximum absolute atomic E-state index is 5.46. The smallest absolute Gasteiger partial charge is 0.161 e. The van der Waals surface area contributed by atoms with Crippen LogP contribution in [0.5, 0.6) is 5.75 Å². The molecule has 0 unspecified atom stereocenters. The first-order valence-corrected chi connectivity index (χ1v) is 7.10. The van der Waals surface area contributed by atoms with Gasteiger partial charge in [0.15, 0.2) is 5.82 Å². The van der Waals surface area contributed by atoms with Gasteiger partial charge in [0.25, 0.3) is 0 Å². The van der Waals surface area contributed by atoms with E-state index < -0.39 is 0 Å². The lowest BCUT2D eigenvalue weighted by Gasteiger charge is -2.08. The molecule has 1 fully saturated rings. The molecule has 0 radical (unpaired) electrons. The monoisotopic (exact) mass is 269 g/mol. The van der Waals surface area contributed by atoms with Crippen molar-refractivity contribution < 1.29 is 4.74 Å². The van der Waals surface area contributed by atoms with E-state index in [0.717, 1.165) is 28.6 Å². The van der Waals surface area contributed by atoms with Gasteiger partial charge in [-0.1, -0.05) is 0 Å². The molecule has 2 aromatic rings. The summed E-state index contributed by atoms with van der Waals surface area (Å²) in [5.74, 6) is 3.16. The SMILES string of the molecule is CCOc1ccc(-c2nc(NC)cc(C3CC3)n2)cc1. The first-order valence-electron chi connectivity index (χ1n) is 7.10. The van der Waals surface area contributed by atoms with Crippen LogP contribution in [-0.4, -0.2) is 23.6 Å². The van der Waals surface area contributed by atoms with Crippen LogP contribution in [0.2, 0.25) is 0 Å². The van der Waals surface area contributed by atoms with E-state index in [2.05, 4.69) is 16.4 Å². The summed E-state index contributed by atoms with van der Waals surface area (Å²) in [4.78, 5) is 9.24. The molecule has 1 aliphatic rings. The van der Waals surface area contributed by atoms with Crippen molar-refractivity contribution in [2.24, 2.45) is 0 Å². The Balaban J connectivity index is 1.93. The van der Waals surface area contributed by atoms with Gasteiger partial charge in [0, 0.05) is 30.3 Å². The van der Waals surface area contributed by atoms with Gasteiger partial charge in [0.05, 0.1) is 6.61 Å². The molecule has 1 saturated carbocycles. The number of hydrogen-bond acceptors (Lipinski definition) is 4. The Bertz CT molecular complexity index is 591. The molecule has 0 spiro atoms. The van der Waals surface area contributed by atoms with Crippen molar-refractivity contribution in [3.63, 3.8) is 0 Å². The number of nitrogens with one attached hydrogen (secondary N) is 1. The summed E-state index contributed by atoms with van der Waals surface area (Å²) in [5, 5.41) is 3.12. The molecule has 4 nitrogen and oxygen atoms in total. The van der Waals surface area contributed by atoms with E-state index in [9.17, 15) is 0 Å². The maximum atomic E-state index is 5.46. The van der Waals surface area contributed by atoms with Gasteiger partial charge in [-0.2, -0.15) is 0 Å². The lowest BCUT2D eigenvalue weighted by molar-refractivity contribution is 0.340. The van der Waals surface area contributed by atoms with Crippen LogP contribution < -0.4 is 10.1 Å². The Labute approximate surface area is 119 Å². The van der Waals surface area contributed by atoms with Crippen LogP contribution in [0.1, 0.15) is 31.4 Å². The molecule has 0 saturated heterocycles. The first kappa shape index (κ1) is 12.9. The second kappa shape index (κ2) is 5.49. The van der Waals surface area contributed by atoms with Gasteiger partial charge in [0.2, 0.25) is 0 Å². The van der Waals surface area contributed by atoms with Crippen molar-refractivity contribution in [3.05, 3.63) is 36.0 Å². The molecular formula is C16H19N3O. The van der Waals surface area contributed by atoms with E-state index in [-0.39, 0.29) is 0 Å². The van der Waals surface area contributed by atoms with Crippen LogP contribution in [0.3, 0.4) is 0 Å². The summed E-state index contributed by atoms with van der Waals surface area (Å²) in [6.45, 7) is 2.66. The molecule has 1 aromatic heterocycles. The summed E-state index contributed by atoms with van der Waals surface area (Å²) >= 11 is 0. The third-order valence-electron chi connectivity index (χ3n) is 3.42. The summed E-state index contributed by atoms with van der Waals surface area (Å²) < 4.78 is 5.46. The van der Waals surface area contributed by atoms with E-state index in [0.29, 0.717) is 12.5 Å². The zero-order valence-electron chi connectivity index (χ0n) is 11.9. The van der Waals surface area contributed by atoms with Gasteiger partial charge in [-0.05, 0) is 44.0 Å². The molecule has 104 valence electrons. The zero-order valence-corrected chi connectivity index (χ0v) is 11.9. The highest BCUT2D eigenvalue weighted by Crippen LogP contribution is 2.40. The molecule has 0 bridgehead atoms. The molecular weight excluding hydrogens is 250 g/mol. The first-order chi connectivity index (χ1) is 9.80. The van der Waals surface area contributed by atoms with Crippen LogP contribution in [0.25, 0.3) is 11.4 Å². The number of hydrogen-bond donors (Lipinski definition) is 1. The van der Waals surface area contributed by atoms with Crippen LogP contribution >= 0.6 is 0 Å². The molecule has 1 N–H and O–H groups in total. The number of benzene rings is 1. The fraction of sp³-hybridized carbons (Fsp3) is 0.375. The fourth-order valence-corrected chi connectivity index (χ4v) is 2.18. The second-order valence-electron chi connectivity index (χ2n) is 4.98. The average Bonchev–Trinajstić information content (AvgIpc) is 3.32. The number of aromatic nitrogens is 2. The summed E-state index contributed by atoms with van der Waals surface area (Å²) in [6, 6.07) is 10.00. The van der Waals surface area contributed by atoms with Gasteiger partial charge in [-0.15, -0.1) is 0 Å². The van der Waals surface area contributed by atoms with Gasteiger partial charge in [-0.3, -0.25) is 0 Å². The summed E-state index contributed by atoms with van der Waals surface area (Å²) in [7, 11) is 1.89. The summed E-state index contributed by atoms with van der Waals surface area (Å²) in [6.07, 6.45) is 2.48. The molecule has 0 atom stereocenters. The predicted octanol–water partition coefficient (Wildman–Crippen LogP) is 3.46. The Morgan fingerprint density at radius 2 is 1.95 bits per heavy atom. The Hall–Kier alpha value is -2.10. The van der Waals surface area contributed by atoms with E-state index in [1.54, 1.807) is 0 Å². The summed E-state index contributed by atoms with van der Waals surface area (Å²) in [5.41, 5.74) is 2.17. The quantitative estimate of drug-likeness (QED) is 0.903. The Morgan fingerprint density at radius 1 is 1.20 bits per heavy atom. The second-order valence-corrected chi connectivity index (χ2v) is 4.98. The zero-order chi connectivity index (χ0) is 13.9. The number of nitrogens with zero attached hydrogens (tertiary/aromatic N) is 2. The molecule has 1 heterocycles. The van der Waals surface area contributed by atoms with Gasteiger partial charge in [0.1, 0.15) is 11.6 Å². The molecule has 0 amide bonds. The number of anilines is 1. The average molecular weight is 269 g/mol. The van der Waals surface area contributed by atoms with Gasteiger partial charge < -0.3 is 10.1 Å². The minimum absolute atomic E-state index is 0.617. The highest BCUT2D eigenvalue weighted by Gasteiger charge is 2.26. The molecule has 20 heavy (non-hydrogen) atoms. The highest BCUT2D eigenvalue weighted by atomic mass is 16.5. The molecule has 0 aliphatic heterocycles. The third-order valence-corrected chi connectivity index (χ3v) is 3.42. The van der Waals surface area contributed by atoms with E-state index >= 15 is 0 Å². The van der Waals surface area contributed by atoms with E-state index in [1.165, 1.54) is 12.8 Å². The van der Waals surface area contributed by atoms with Crippen LogP contribution in [0.4, 0.5) is 5.82 Å². The van der Waals surface area contributed by atoms with Crippen LogP contribution in [0.15, 0.2) is 30.3 Å². The van der Waals surface area contributed by atoms with Crippen LogP contribution in [0, 0.1) is 0 Å². The van der Waals surface area contributed by atoms with Crippen LogP contribution in [-0.2, 0) is 0 Å². The standard InChI is InChI=1S/C16H19N3O/c1-3-20-13-8-6-12(7-9-13)16-18-14(11-4-5-11)10-15(17-2)19-16/h6-11H,3-5H2,1-2H3,(H,17,18,19). The Morgan fingerprint density at radius 3 is 2.55 bits per heavy atom. The highest BCUT2D eigenvalue weighted by molar-refractivity contribution is 5.59. The number of rotatable bonds is 5. The predicted molar refractivity (Wildman–Crippen MR) is 80.2 cm³/mol. The minimum Gasteiger partial charge on any atom is -0.494 e. The van der Waals surface area contributed by atoms with Gasteiger partial charge >= 0.3 is 0 Å². The molecule has 3 rings (SSSR count). The molecule has 1 aliphatic carbocycles. The molecule has 1 aromatic carbocycles. The third kappa shape index (κ3) is 2.74. The van der Waals surface area contributed by atoms with E-state index in [4.69, 9.17) is 9.72 Å². The van der Waals surface area contributed by atoms with E-state index in [1.807, 2.05) is 38.2 Å².